The number of hydrogen-bond donors (Lipinski definition) is 0. The number of esters is 3. The quantitative estimate of drug-likeness (QED) is 0.470. The van der Waals surface area contributed by atoms with Crippen molar-refractivity contribution in [2.45, 2.75) is 12.8 Å². The first-order chi connectivity index (χ1) is 16.5. The van der Waals surface area contributed by atoms with Gasteiger partial charge in [0.05, 0.1) is 43.5 Å². The van der Waals surface area contributed by atoms with Crippen LogP contribution < -0.4 is 14.4 Å². The second kappa shape index (κ2) is 9.70. The van der Waals surface area contributed by atoms with Crippen molar-refractivity contribution < 1.29 is 38.1 Å². The van der Waals surface area contributed by atoms with Crippen LogP contribution in [0.2, 0.25) is 0 Å². The van der Waals surface area contributed by atoms with Gasteiger partial charge in [-0.1, -0.05) is 6.07 Å². The molecule has 4 rings (SSSR count). The maximum atomic E-state index is 12.8. The molecule has 0 N–H and O–H groups in total. The monoisotopic (exact) mass is 465 g/mol. The van der Waals surface area contributed by atoms with Gasteiger partial charge >= 0.3 is 17.9 Å². The van der Waals surface area contributed by atoms with Gasteiger partial charge in [-0.05, 0) is 48.9 Å². The Hall–Kier alpha value is -4.27. The maximum absolute atomic E-state index is 12.8. The third-order valence-electron chi connectivity index (χ3n) is 5.43. The average molecular weight is 465 g/mol. The number of fused-ring (bicyclic) bond motifs is 1. The fourth-order valence-corrected chi connectivity index (χ4v) is 3.82. The predicted octanol–water partition coefficient (Wildman–Crippen LogP) is 3.31. The zero-order chi connectivity index (χ0) is 24.2. The Kier molecular flexibility index (Phi) is 6.53. The number of rotatable bonds is 6. The number of anilines is 1. The summed E-state index contributed by atoms with van der Waals surface area (Å²) in [7, 11) is 2.54. The smallest absolute Gasteiger partial charge is 0.338 e. The summed E-state index contributed by atoms with van der Waals surface area (Å²) in [5.74, 6) is -1.31. The zero-order valence-corrected chi connectivity index (χ0v) is 18.9. The van der Waals surface area contributed by atoms with Crippen LogP contribution in [-0.2, 0) is 23.8 Å². The molecule has 0 radical (unpaired) electrons. The van der Waals surface area contributed by atoms with Crippen molar-refractivity contribution in [2.24, 2.45) is 0 Å². The fourth-order valence-electron chi connectivity index (χ4n) is 3.82. The molecule has 2 aliphatic rings. The van der Waals surface area contributed by atoms with E-state index in [0.717, 1.165) is 0 Å². The lowest BCUT2D eigenvalue weighted by Crippen LogP contribution is -2.28. The Morgan fingerprint density at radius 2 is 1.50 bits per heavy atom. The molecule has 34 heavy (non-hydrogen) atoms. The Morgan fingerprint density at radius 3 is 2.09 bits per heavy atom. The third kappa shape index (κ3) is 4.32. The Balaban J connectivity index is 1.77. The van der Waals surface area contributed by atoms with Gasteiger partial charge in [-0.25, -0.2) is 14.4 Å². The minimum Gasteiger partial charge on any atom is -0.466 e. The largest absolute Gasteiger partial charge is 0.466 e. The predicted molar refractivity (Wildman–Crippen MR) is 120 cm³/mol. The number of hydrogen-bond acceptors (Lipinski definition) is 9. The number of ether oxygens (including phenoxy) is 5. The van der Waals surface area contributed by atoms with Gasteiger partial charge in [0.15, 0.2) is 11.5 Å². The van der Waals surface area contributed by atoms with Crippen LogP contribution in [0.5, 0.6) is 11.5 Å². The molecule has 0 unspecified atom stereocenters. The molecule has 2 aromatic rings. The standard InChI is InChI=1S/C25H23NO8/c1-4-32-23(27)15-5-8-17(9-6-15)26-12-18(24(28)30-2)22(19(13-26)25(29)31-3)16-7-10-20-21(11-16)34-14-33-20/h5-13,22H,4,14H2,1-3H3. The van der Waals surface area contributed by atoms with Gasteiger partial charge in [-0.3, -0.25) is 0 Å². The molecule has 0 amide bonds. The molecule has 9 heteroatoms. The lowest BCUT2D eigenvalue weighted by molar-refractivity contribution is -0.137. The van der Waals surface area contributed by atoms with E-state index in [1.807, 2.05) is 0 Å². The van der Waals surface area contributed by atoms with Crippen LogP contribution >= 0.6 is 0 Å². The van der Waals surface area contributed by atoms with E-state index in [0.29, 0.717) is 28.3 Å². The molecule has 176 valence electrons. The SMILES string of the molecule is CCOC(=O)c1ccc(N2C=C(C(=O)OC)C(c3ccc4c(c3)OCO4)C(C(=O)OC)=C2)cc1. The lowest BCUT2D eigenvalue weighted by atomic mass is 9.83. The van der Waals surface area contributed by atoms with Gasteiger partial charge in [0.1, 0.15) is 0 Å². The van der Waals surface area contributed by atoms with Crippen LogP contribution in [-0.4, -0.2) is 45.5 Å². The average Bonchev–Trinajstić information content (AvgIpc) is 3.35. The van der Waals surface area contributed by atoms with Crippen LogP contribution in [0.4, 0.5) is 5.69 Å². The van der Waals surface area contributed by atoms with Gasteiger partial charge < -0.3 is 28.6 Å². The number of nitrogens with zero attached hydrogens (tertiary/aromatic N) is 1. The van der Waals surface area contributed by atoms with E-state index in [-0.39, 0.29) is 24.5 Å². The first-order valence-corrected chi connectivity index (χ1v) is 10.5. The van der Waals surface area contributed by atoms with E-state index >= 15 is 0 Å². The molecule has 2 aromatic carbocycles. The van der Waals surface area contributed by atoms with E-state index < -0.39 is 23.8 Å². The fraction of sp³-hybridized carbons (Fsp3) is 0.240. The molecule has 0 aromatic heterocycles. The summed E-state index contributed by atoms with van der Waals surface area (Å²) in [6.07, 6.45) is 3.18. The summed E-state index contributed by atoms with van der Waals surface area (Å²) < 4.78 is 25.9. The van der Waals surface area contributed by atoms with Gasteiger partial charge in [-0.15, -0.1) is 0 Å². The molecule has 0 saturated heterocycles. The van der Waals surface area contributed by atoms with Crippen LogP contribution in [0.25, 0.3) is 0 Å². The van der Waals surface area contributed by atoms with Crippen molar-refractivity contribution >= 4 is 23.6 Å². The zero-order valence-electron chi connectivity index (χ0n) is 18.9. The Labute approximate surface area is 196 Å². The van der Waals surface area contributed by atoms with Crippen molar-refractivity contribution in [1.29, 1.82) is 0 Å². The van der Waals surface area contributed by atoms with E-state index in [2.05, 4.69) is 0 Å². The molecule has 2 aliphatic heterocycles. The first kappa shape index (κ1) is 22.9. The lowest BCUT2D eigenvalue weighted by Gasteiger charge is -2.30. The Bertz CT molecular complexity index is 1150. The minimum absolute atomic E-state index is 0.0957. The first-order valence-electron chi connectivity index (χ1n) is 10.5. The number of carbonyl (C=O) groups excluding carboxylic acids is 3. The van der Waals surface area contributed by atoms with Crippen molar-refractivity contribution in [3.63, 3.8) is 0 Å². The van der Waals surface area contributed by atoms with Crippen LogP contribution in [0, 0.1) is 0 Å². The third-order valence-corrected chi connectivity index (χ3v) is 5.43. The van der Waals surface area contributed by atoms with Gasteiger partial charge in [0.2, 0.25) is 6.79 Å². The van der Waals surface area contributed by atoms with E-state index in [4.69, 9.17) is 23.7 Å². The van der Waals surface area contributed by atoms with E-state index in [9.17, 15) is 14.4 Å². The second-order valence-corrected chi connectivity index (χ2v) is 7.37. The summed E-state index contributed by atoms with van der Waals surface area (Å²) in [5.41, 5.74) is 2.07. The molecular formula is C25H23NO8. The van der Waals surface area contributed by atoms with Crippen LogP contribution in [0.3, 0.4) is 0 Å². The highest BCUT2D eigenvalue weighted by Crippen LogP contribution is 2.42. The molecule has 0 aliphatic carbocycles. The second-order valence-electron chi connectivity index (χ2n) is 7.37. The summed E-state index contributed by atoms with van der Waals surface area (Å²) in [6.45, 7) is 2.09. The summed E-state index contributed by atoms with van der Waals surface area (Å²) >= 11 is 0. The molecule has 0 spiro atoms. The van der Waals surface area contributed by atoms with Crippen molar-refractivity contribution in [1.82, 2.24) is 0 Å². The molecule has 0 atom stereocenters. The topological polar surface area (TPSA) is 101 Å². The highest BCUT2D eigenvalue weighted by Gasteiger charge is 2.36. The molecular weight excluding hydrogens is 442 g/mol. The van der Waals surface area contributed by atoms with Crippen molar-refractivity contribution in [3.8, 4) is 11.5 Å². The highest BCUT2D eigenvalue weighted by molar-refractivity contribution is 6.00. The molecule has 0 bridgehead atoms. The molecule has 0 fully saturated rings. The van der Waals surface area contributed by atoms with Crippen LogP contribution in [0.15, 0.2) is 66.0 Å². The minimum atomic E-state index is -0.760. The van der Waals surface area contributed by atoms with Gasteiger partial charge in [0.25, 0.3) is 0 Å². The summed E-state index contributed by atoms with van der Waals surface area (Å²) in [6, 6.07) is 11.8. The van der Waals surface area contributed by atoms with Gasteiger partial charge in [0, 0.05) is 18.1 Å². The normalized spacial score (nSPS) is 14.7. The molecule has 2 heterocycles. The number of methoxy groups -OCH3 is 2. The highest BCUT2D eigenvalue weighted by atomic mass is 16.7. The molecule has 9 nitrogen and oxygen atoms in total. The summed E-state index contributed by atoms with van der Waals surface area (Å²) in [5, 5.41) is 0. The maximum Gasteiger partial charge on any atom is 0.338 e. The van der Waals surface area contributed by atoms with Crippen molar-refractivity contribution in [2.75, 3.05) is 32.5 Å². The van der Waals surface area contributed by atoms with Crippen LogP contribution in [0.1, 0.15) is 28.8 Å². The number of carbonyl (C=O) groups is 3. The summed E-state index contributed by atoms with van der Waals surface area (Å²) in [4.78, 5) is 39.2. The molecule has 0 saturated carbocycles. The Morgan fingerprint density at radius 1 is 0.882 bits per heavy atom. The number of benzene rings is 2. The van der Waals surface area contributed by atoms with E-state index in [1.54, 1.807) is 66.7 Å². The van der Waals surface area contributed by atoms with E-state index in [1.165, 1.54) is 14.2 Å². The van der Waals surface area contributed by atoms with Gasteiger partial charge in [-0.2, -0.15) is 0 Å². The van der Waals surface area contributed by atoms with Crippen molar-refractivity contribution in [3.05, 3.63) is 77.1 Å².